The van der Waals surface area contributed by atoms with Gasteiger partial charge in [-0.25, -0.2) is 4.98 Å². The first-order chi connectivity index (χ1) is 8.89. The lowest BCUT2D eigenvalue weighted by Gasteiger charge is -2.17. The summed E-state index contributed by atoms with van der Waals surface area (Å²) < 4.78 is 12.8. The quantitative estimate of drug-likeness (QED) is 0.893. The van der Waals surface area contributed by atoms with Gasteiger partial charge in [-0.15, -0.1) is 0 Å². The average Bonchev–Trinajstić information content (AvgIpc) is 2.67. The topological polar surface area (TPSA) is 65.4 Å². The molecule has 1 aromatic rings. The smallest absolute Gasteiger partial charge is 0.293 e. The third-order valence-corrected chi connectivity index (χ3v) is 2.99. The van der Waals surface area contributed by atoms with Crippen molar-refractivity contribution >= 4 is 5.82 Å². The molecule has 0 amide bonds. The molecule has 6 heteroatoms. The molecule has 0 aromatic carbocycles. The van der Waals surface area contributed by atoms with E-state index in [0.717, 1.165) is 0 Å². The fourth-order valence-corrected chi connectivity index (χ4v) is 2.03. The summed E-state index contributed by atoms with van der Waals surface area (Å²) >= 11 is 0. The molecule has 1 aliphatic rings. The first-order valence-electron chi connectivity index (χ1n) is 6.52. The molecule has 6 nitrogen and oxygen atoms in total. The number of hydrogen-bond donors (Lipinski definition) is 1. The van der Waals surface area contributed by atoms with Gasteiger partial charge in [-0.05, 0) is 27.7 Å². The summed E-state index contributed by atoms with van der Waals surface area (Å²) in [5, 5.41) is 3.04. The maximum atomic E-state index is 12.1. The van der Waals surface area contributed by atoms with E-state index in [2.05, 4.69) is 10.3 Å². The summed E-state index contributed by atoms with van der Waals surface area (Å²) in [6.45, 7) is 8.70. The number of hydrogen-bond acceptors (Lipinski definition) is 5. The Labute approximate surface area is 112 Å². The molecule has 1 aromatic heterocycles. The SMILES string of the molecule is CC(C)n1ccnc(NCC2COC(C)(C)O2)c1=O. The van der Waals surface area contributed by atoms with Crippen molar-refractivity contribution in [2.75, 3.05) is 18.5 Å². The van der Waals surface area contributed by atoms with Crippen LogP contribution in [0.4, 0.5) is 5.82 Å². The zero-order valence-corrected chi connectivity index (χ0v) is 11.8. The summed E-state index contributed by atoms with van der Waals surface area (Å²) in [6, 6.07) is 0.112. The number of nitrogens with zero attached hydrogens (tertiary/aromatic N) is 2. The van der Waals surface area contributed by atoms with Gasteiger partial charge in [-0.2, -0.15) is 0 Å². The van der Waals surface area contributed by atoms with Gasteiger partial charge in [0.15, 0.2) is 11.6 Å². The summed E-state index contributed by atoms with van der Waals surface area (Å²) in [5.41, 5.74) is -0.115. The minimum atomic E-state index is -0.547. The van der Waals surface area contributed by atoms with Crippen molar-refractivity contribution < 1.29 is 9.47 Å². The Morgan fingerprint density at radius 3 is 2.89 bits per heavy atom. The third-order valence-electron chi connectivity index (χ3n) is 2.99. The van der Waals surface area contributed by atoms with Gasteiger partial charge in [0, 0.05) is 25.0 Å². The van der Waals surface area contributed by atoms with Crippen LogP contribution in [0.15, 0.2) is 17.2 Å². The molecule has 0 aliphatic carbocycles. The summed E-state index contributed by atoms with van der Waals surface area (Å²) in [5.74, 6) is -0.196. The highest BCUT2D eigenvalue weighted by Gasteiger charge is 2.32. The normalized spacial score (nSPS) is 21.8. The first kappa shape index (κ1) is 14.0. The molecule has 0 saturated carbocycles. The van der Waals surface area contributed by atoms with E-state index in [1.807, 2.05) is 27.7 Å². The number of anilines is 1. The van der Waals surface area contributed by atoms with Gasteiger partial charge in [-0.3, -0.25) is 4.79 Å². The molecule has 1 unspecified atom stereocenters. The second-order valence-corrected chi connectivity index (χ2v) is 5.41. The maximum Gasteiger partial charge on any atom is 0.293 e. The van der Waals surface area contributed by atoms with Crippen molar-refractivity contribution in [1.82, 2.24) is 9.55 Å². The molecule has 2 heterocycles. The van der Waals surface area contributed by atoms with Crippen LogP contribution >= 0.6 is 0 Å². The molecule has 0 radical (unpaired) electrons. The Hall–Kier alpha value is -1.40. The molecule has 1 aliphatic heterocycles. The van der Waals surface area contributed by atoms with Gasteiger partial charge in [0.25, 0.3) is 5.56 Å². The molecule has 1 fully saturated rings. The monoisotopic (exact) mass is 267 g/mol. The molecule has 1 saturated heterocycles. The fraction of sp³-hybridized carbons (Fsp3) is 0.692. The van der Waals surface area contributed by atoms with E-state index in [1.54, 1.807) is 17.0 Å². The average molecular weight is 267 g/mol. The van der Waals surface area contributed by atoms with Gasteiger partial charge in [0.1, 0.15) is 6.10 Å². The van der Waals surface area contributed by atoms with E-state index >= 15 is 0 Å². The van der Waals surface area contributed by atoms with E-state index in [9.17, 15) is 4.79 Å². The van der Waals surface area contributed by atoms with E-state index in [-0.39, 0.29) is 17.7 Å². The van der Waals surface area contributed by atoms with Gasteiger partial charge in [0.2, 0.25) is 0 Å². The van der Waals surface area contributed by atoms with Crippen molar-refractivity contribution in [3.05, 3.63) is 22.7 Å². The molecule has 0 bridgehead atoms. The highest BCUT2D eigenvalue weighted by atomic mass is 16.7. The Kier molecular flexibility index (Phi) is 3.91. The van der Waals surface area contributed by atoms with Gasteiger partial charge < -0.3 is 19.4 Å². The number of rotatable bonds is 4. The van der Waals surface area contributed by atoms with Crippen molar-refractivity contribution in [3.8, 4) is 0 Å². The predicted molar refractivity (Wildman–Crippen MR) is 72.3 cm³/mol. The standard InChI is InChI=1S/C13H21N3O3/c1-9(2)16-6-5-14-11(12(16)17)15-7-10-8-18-13(3,4)19-10/h5-6,9-10H,7-8H2,1-4H3,(H,14,15). The molecule has 19 heavy (non-hydrogen) atoms. The Morgan fingerprint density at radius 2 is 2.32 bits per heavy atom. The van der Waals surface area contributed by atoms with Gasteiger partial charge in [-0.1, -0.05) is 0 Å². The second kappa shape index (κ2) is 5.30. The molecule has 2 rings (SSSR count). The highest BCUT2D eigenvalue weighted by molar-refractivity contribution is 5.31. The van der Waals surface area contributed by atoms with Crippen molar-refractivity contribution in [2.24, 2.45) is 0 Å². The molecular formula is C13H21N3O3. The van der Waals surface area contributed by atoms with E-state index in [1.165, 1.54) is 0 Å². The fourth-order valence-electron chi connectivity index (χ4n) is 2.03. The lowest BCUT2D eigenvalue weighted by molar-refractivity contribution is -0.136. The lowest BCUT2D eigenvalue weighted by Crippen LogP contribution is -2.30. The van der Waals surface area contributed by atoms with E-state index in [0.29, 0.717) is 19.0 Å². The van der Waals surface area contributed by atoms with E-state index in [4.69, 9.17) is 9.47 Å². The van der Waals surface area contributed by atoms with Crippen LogP contribution in [-0.2, 0) is 9.47 Å². The minimum Gasteiger partial charge on any atom is -0.363 e. The van der Waals surface area contributed by atoms with Crippen LogP contribution in [0.3, 0.4) is 0 Å². The van der Waals surface area contributed by atoms with Crippen LogP contribution in [0.25, 0.3) is 0 Å². The van der Waals surface area contributed by atoms with Crippen LogP contribution in [0.1, 0.15) is 33.7 Å². The summed E-state index contributed by atoms with van der Waals surface area (Å²) in [6.07, 6.45) is 3.25. The number of ether oxygens (including phenoxy) is 2. The Morgan fingerprint density at radius 1 is 1.58 bits per heavy atom. The van der Waals surface area contributed by atoms with Crippen LogP contribution in [0, 0.1) is 0 Å². The third kappa shape index (κ3) is 3.33. The van der Waals surface area contributed by atoms with Crippen molar-refractivity contribution in [1.29, 1.82) is 0 Å². The molecular weight excluding hydrogens is 246 g/mol. The van der Waals surface area contributed by atoms with Crippen LogP contribution in [0.5, 0.6) is 0 Å². The van der Waals surface area contributed by atoms with Crippen molar-refractivity contribution in [2.45, 2.75) is 45.6 Å². The minimum absolute atomic E-state index is 0.0658. The van der Waals surface area contributed by atoms with Gasteiger partial charge >= 0.3 is 0 Å². The largest absolute Gasteiger partial charge is 0.363 e. The zero-order chi connectivity index (χ0) is 14.0. The summed E-state index contributed by atoms with van der Waals surface area (Å²) in [7, 11) is 0. The molecule has 0 spiro atoms. The Bertz CT molecular complexity index is 496. The predicted octanol–water partition coefficient (Wildman–Crippen LogP) is 1.39. The lowest BCUT2D eigenvalue weighted by atomic mass is 10.3. The Balaban J connectivity index is 2.01. The second-order valence-electron chi connectivity index (χ2n) is 5.41. The molecule has 1 atom stereocenters. The zero-order valence-electron chi connectivity index (χ0n) is 11.8. The van der Waals surface area contributed by atoms with Crippen molar-refractivity contribution in [3.63, 3.8) is 0 Å². The highest BCUT2D eigenvalue weighted by Crippen LogP contribution is 2.22. The first-order valence-corrected chi connectivity index (χ1v) is 6.52. The maximum absolute atomic E-state index is 12.1. The van der Waals surface area contributed by atoms with Crippen LogP contribution in [-0.4, -0.2) is 34.6 Å². The van der Waals surface area contributed by atoms with Gasteiger partial charge in [0.05, 0.1) is 6.61 Å². The molecule has 1 N–H and O–H groups in total. The number of nitrogens with one attached hydrogen (secondary N) is 1. The van der Waals surface area contributed by atoms with Crippen LogP contribution in [0.2, 0.25) is 0 Å². The van der Waals surface area contributed by atoms with Crippen LogP contribution < -0.4 is 10.9 Å². The number of aromatic nitrogens is 2. The summed E-state index contributed by atoms with van der Waals surface area (Å²) in [4.78, 5) is 16.2. The molecule has 106 valence electrons. The van der Waals surface area contributed by atoms with E-state index < -0.39 is 5.79 Å².